The van der Waals surface area contributed by atoms with Gasteiger partial charge in [-0.1, -0.05) is 0 Å². The monoisotopic (exact) mass is 432 g/mol. The van der Waals surface area contributed by atoms with Crippen LogP contribution in [0.25, 0.3) is 10.9 Å². The molecule has 0 spiro atoms. The maximum Gasteiger partial charge on any atom is 0.310 e. The van der Waals surface area contributed by atoms with Crippen LogP contribution in [0.3, 0.4) is 0 Å². The van der Waals surface area contributed by atoms with Crippen molar-refractivity contribution in [3.8, 4) is 0 Å². The second-order valence-electron chi connectivity index (χ2n) is 7.26. The summed E-state index contributed by atoms with van der Waals surface area (Å²) in [5, 5.41) is 0.386. The van der Waals surface area contributed by atoms with Gasteiger partial charge >= 0.3 is 5.97 Å². The number of carbonyl (C=O) groups excluding carboxylic acids is 3. The Kier molecular flexibility index (Phi) is 6.66. The number of ether oxygens (including phenoxy) is 1. The average Bonchev–Trinajstić information content (AvgIpc) is 2.72. The minimum atomic E-state index is -0.358. The summed E-state index contributed by atoms with van der Waals surface area (Å²) in [5.41, 5.74) is 0.442. The van der Waals surface area contributed by atoms with E-state index in [1.165, 1.54) is 24.1 Å². The number of nitrogens with one attached hydrogen (secondary N) is 2. The number of aromatic nitrogens is 2. The number of esters is 1. The van der Waals surface area contributed by atoms with E-state index in [1.54, 1.807) is 17.9 Å². The molecule has 2 heterocycles. The van der Waals surface area contributed by atoms with Crippen molar-refractivity contribution in [2.75, 3.05) is 33.3 Å². The first kappa shape index (κ1) is 21.7. The van der Waals surface area contributed by atoms with Crippen molar-refractivity contribution in [3.63, 3.8) is 0 Å². The lowest BCUT2D eigenvalue weighted by Gasteiger charge is -2.32. The van der Waals surface area contributed by atoms with E-state index in [0.29, 0.717) is 49.0 Å². The lowest BCUT2D eigenvalue weighted by Crippen LogP contribution is -2.47. The number of fused-ring (bicyclic) bond motifs is 1. The fraction of sp³-hybridized carbons (Fsp3) is 0.450. The van der Waals surface area contributed by atoms with E-state index < -0.39 is 0 Å². The predicted octanol–water partition coefficient (Wildman–Crippen LogP) is 1.46. The highest BCUT2D eigenvalue weighted by Crippen LogP contribution is 2.18. The molecule has 1 aromatic carbocycles. The van der Waals surface area contributed by atoms with E-state index in [9.17, 15) is 19.2 Å². The fourth-order valence-corrected chi connectivity index (χ4v) is 3.76. The van der Waals surface area contributed by atoms with Gasteiger partial charge in [0.1, 0.15) is 0 Å². The van der Waals surface area contributed by atoms with Crippen LogP contribution in [0.5, 0.6) is 0 Å². The second kappa shape index (κ2) is 9.21. The molecule has 30 heavy (non-hydrogen) atoms. The molecule has 160 valence electrons. The fourth-order valence-electron chi connectivity index (χ4n) is 3.55. The van der Waals surface area contributed by atoms with Gasteiger partial charge in [-0.25, -0.2) is 0 Å². The van der Waals surface area contributed by atoms with Crippen LogP contribution in [0.15, 0.2) is 23.0 Å². The number of likely N-dealkylation sites (N-methyl/N-ethyl adjacent to an activating group) is 1. The van der Waals surface area contributed by atoms with Gasteiger partial charge in [0.2, 0.25) is 5.91 Å². The minimum absolute atomic E-state index is 0.113. The summed E-state index contributed by atoms with van der Waals surface area (Å²) in [7, 11) is 1.54. The van der Waals surface area contributed by atoms with Crippen LogP contribution in [0, 0.1) is 10.7 Å². The van der Waals surface area contributed by atoms with Crippen molar-refractivity contribution in [2.24, 2.45) is 5.92 Å². The topological polar surface area (TPSA) is 116 Å². The molecule has 2 N–H and O–H groups in total. The third-order valence-corrected chi connectivity index (χ3v) is 5.30. The van der Waals surface area contributed by atoms with Gasteiger partial charge in [-0.05, 0) is 50.2 Å². The number of aromatic amines is 2. The summed E-state index contributed by atoms with van der Waals surface area (Å²) < 4.78 is 5.23. The van der Waals surface area contributed by atoms with Crippen LogP contribution in [0.2, 0.25) is 0 Å². The number of nitrogens with zero attached hydrogens (tertiary/aromatic N) is 2. The van der Waals surface area contributed by atoms with Gasteiger partial charge in [0.25, 0.3) is 11.5 Å². The first-order chi connectivity index (χ1) is 14.3. The minimum Gasteiger partial charge on any atom is -0.466 e. The Bertz CT molecular complexity index is 1090. The lowest BCUT2D eigenvalue weighted by atomic mass is 9.98. The van der Waals surface area contributed by atoms with Crippen molar-refractivity contribution >= 4 is 40.9 Å². The van der Waals surface area contributed by atoms with Crippen LogP contribution in [-0.2, 0) is 14.3 Å². The van der Waals surface area contributed by atoms with E-state index in [1.807, 2.05) is 0 Å². The molecule has 0 aliphatic carbocycles. The van der Waals surface area contributed by atoms with Crippen molar-refractivity contribution in [2.45, 2.75) is 19.8 Å². The van der Waals surface area contributed by atoms with Crippen molar-refractivity contribution < 1.29 is 19.1 Å². The molecule has 1 fully saturated rings. The number of hydrogen-bond donors (Lipinski definition) is 2. The largest absolute Gasteiger partial charge is 0.466 e. The maximum absolute atomic E-state index is 12.8. The van der Waals surface area contributed by atoms with Gasteiger partial charge in [-0.15, -0.1) is 0 Å². The van der Waals surface area contributed by atoms with Crippen molar-refractivity contribution in [1.29, 1.82) is 0 Å². The van der Waals surface area contributed by atoms with Crippen LogP contribution in [0.4, 0.5) is 0 Å². The van der Waals surface area contributed by atoms with Crippen LogP contribution in [0.1, 0.15) is 30.1 Å². The zero-order chi connectivity index (χ0) is 21.8. The second-order valence-corrected chi connectivity index (χ2v) is 7.67. The SMILES string of the molecule is CCOC(=O)C1CCCN(C(=O)CN(C)C(=O)c2ccc3c(=O)[nH]c(=S)[nH]c3c2)C1. The first-order valence-corrected chi connectivity index (χ1v) is 10.2. The summed E-state index contributed by atoms with van der Waals surface area (Å²) in [5.74, 6) is -1.20. The molecule has 1 aromatic heterocycles. The number of amides is 2. The molecular formula is C20H24N4O5S. The van der Waals surface area contributed by atoms with E-state index in [2.05, 4.69) is 9.97 Å². The average molecular weight is 433 g/mol. The standard InChI is InChI=1S/C20H24N4O5S/c1-3-29-19(28)13-5-4-8-24(10-13)16(25)11-23(2)18(27)12-6-7-14-15(9-12)21-20(30)22-17(14)26/h6-7,9,13H,3-5,8,10-11H2,1-2H3,(H2,21,22,26,30). The summed E-state index contributed by atoms with van der Waals surface area (Å²) >= 11 is 4.97. The Balaban J connectivity index is 1.68. The third kappa shape index (κ3) is 4.76. The molecule has 10 heteroatoms. The Morgan fingerprint density at radius 1 is 1.30 bits per heavy atom. The quantitative estimate of drug-likeness (QED) is 0.546. The number of benzene rings is 1. The molecule has 2 aromatic rings. The van der Waals surface area contributed by atoms with Crippen LogP contribution in [-0.4, -0.2) is 70.8 Å². The highest BCUT2D eigenvalue weighted by atomic mass is 32.1. The number of H-pyrrole nitrogens is 2. The highest BCUT2D eigenvalue weighted by Gasteiger charge is 2.30. The number of carbonyl (C=O) groups is 3. The smallest absolute Gasteiger partial charge is 0.310 e. The van der Waals surface area contributed by atoms with E-state index >= 15 is 0 Å². The Hall–Kier alpha value is -3.01. The highest BCUT2D eigenvalue weighted by molar-refractivity contribution is 7.71. The molecule has 0 bridgehead atoms. The van der Waals surface area contributed by atoms with Gasteiger partial charge in [0.05, 0.1) is 30.0 Å². The maximum atomic E-state index is 12.8. The third-order valence-electron chi connectivity index (χ3n) is 5.10. The summed E-state index contributed by atoms with van der Waals surface area (Å²) in [6.45, 7) is 2.79. The number of piperidine rings is 1. The van der Waals surface area contributed by atoms with Crippen molar-refractivity contribution in [1.82, 2.24) is 19.8 Å². The summed E-state index contributed by atoms with van der Waals surface area (Å²) in [6, 6.07) is 4.62. The zero-order valence-electron chi connectivity index (χ0n) is 16.9. The summed E-state index contributed by atoms with van der Waals surface area (Å²) in [4.78, 5) is 57.6. The van der Waals surface area contributed by atoms with Crippen LogP contribution >= 0.6 is 12.2 Å². The van der Waals surface area contributed by atoms with E-state index in [-0.39, 0.29) is 40.6 Å². The molecule has 1 unspecified atom stereocenters. The molecule has 2 amide bonds. The molecule has 3 rings (SSSR count). The molecule has 1 atom stereocenters. The number of likely N-dealkylation sites (tertiary alicyclic amines) is 1. The van der Waals surface area contributed by atoms with E-state index in [4.69, 9.17) is 17.0 Å². The molecule has 0 saturated carbocycles. The number of hydrogen-bond acceptors (Lipinski definition) is 6. The van der Waals surface area contributed by atoms with Crippen molar-refractivity contribution in [3.05, 3.63) is 38.9 Å². The molecule has 1 aliphatic heterocycles. The van der Waals surface area contributed by atoms with Gasteiger partial charge in [0.15, 0.2) is 4.77 Å². The Morgan fingerprint density at radius 2 is 2.07 bits per heavy atom. The van der Waals surface area contributed by atoms with Gasteiger partial charge in [-0.2, -0.15) is 0 Å². The molecule has 1 saturated heterocycles. The zero-order valence-corrected chi connectivity index (χ0v) is 17.7. The van der Waals surface area contributed by atoms with Gasteiger partial charge < -0.3 is 19.5 Å². The molecule has 0 radical (unpaired) electrons. The van der Waals surface area contributed by atoms with E-state index in [0.717, 1.165) is 0 Å². The van der Waals surface area contributed by atoms with Gasteiger partial charge in [-0.3, -0.25) is 24.2 Å². The normalized spacial score (nSPS) is 16.3. The molecule has 9 nitrogen and oxygen atoms in total. The molecular weight excluding hydrogens is 408 g/mol. The number of rotatable bonds is 5. The summed E-state index contributed by atoms with van der Waals surface area (Å²) in [6.07, 6.45) is 1.40. The first-order valence-electron chi connectivity index (χ1n) is 9.76. The molecule has 1 aliphatic rings. The Morgan fingerprint density at radius 3 is 2.80 bits per heavy atom. The predicted molar refractivity (Wildman–Crippen MR) is 113 cm³/mol. The van der Waals surface area contributed by atoms with Crippen LogP contribution < -0.4 is 5.56 Å². The Labute approximate surface area is 178 Å². The lowest BCUT2D eigenvalue weighted by molar-refractivity contribution is -0.151. The van der Waals surface area contributed by atoms with Gasteiger partial charge in [0, 0.05) is 25.7 Å².